The summed E-state index contributed by atoms with van der Waals surface area (Å²) in [6.07, 6.45) is 18.2. The summed E-state index contributed by atoms with van der Waals surface area (Å²) in [5.74, 6) is 1.47. The number of fused-ring (bicyclic) bond motifs is 1. The Morgan fingerprint density at radius 3 is 1.50 bits per heavy atom. The Balaban J connectivity index is 1.50. The van der Waals surface area contributed by atoms with Gasteiger partial charge in [0.05, 0.1) is 0 Å². The van der Waals surface area contributed by atoms with Crippen molar-refractivity contribution in [2.45, 2.75) is 130 Å². The van der Waals surface area contributed by atoms with E-state index in [9.17, 15) is 4.79 Å². The minimum atomic E-state index is 0.0319. The van der Waals surface area contributed by atoms with Gasteiger partial charge >= 0.3 is 0 Å². The molecule has 3 nitrogen and oxygen atoms in total. The van der Waals surface area contributed by atoms with Crippen LogP contribution < -0.4 is 5.73 Å². The van der Waals surface area contributed by atoms with Gasteiger partial charge in [-0.25, -0.2) is 0 Å². The van der Waals surface area contributed by atoms with Gasteiger partial charge < -0.3 is 5.73 Å². The first kappa shape index (κ1) is 43.9. The second-order valence-electron chi connectivity index (χ2n) is 17.0. The van der Waals surface area contributed by atoms with Gasteiger partial charge in [-0.15, -0.1) is 29.3 Å². The van der Waals surface area contributed by atoms with Gasteiger partial charge in [0.15, 0.2) is 11.6 Å². The number of ketones is 2. The van der Waals surface area contributed by atoms with Gasteiger partial charge in [0.25, 0.3) is 0 Å². The molecule has 2 aliphatic rings. The first-order valence-corrected chi connectivity index (χ1v) is 24.2. The molecule has 2 aliphatic carbocycles. The lowest BCUT2D eigenvalue weighted by molar-refractivity contribution is -0.120. The molecular formula is C53H67NO2S2. The summed E-state index contributed by atoms with van der Waals surface area (Å²) >= 11 is 3.58. The van der Waals surface area contributed by atoms with Crippen LogP contribution in [0.2, 0.25) is 0 Å². The Morgan fingerprint density at radius 2 is 1.07 bits per heavy atom. The number of carbonyl (C=O) groups excluding carboxylic acids is 2. The van der Waals surface area contributed by atoms with Crippen LogP contribution in [0.25, 0.3) is 32.0 Å². The Hall–Kier alpha value is -3.64. The Kier molecular flexibility index (Phi) is 16.3. The van der Waals surface area contributed by atoms with Crippen LogP contribution >= 0.6 is 22.7 Å². The SMILES string of the molecule is C=CCCc1ccc(-c2ccc(C3=C4C(=O)CC(CC(CC)CCCCC)C(c5ccc(-c6ccc(CCN)cc6)s5)=C4C(=O)CC3CC(CC)CCCC)s2)cc1. The van der Waals surface area contributed by atoms with E-state index in [0.29, 0.717) is 31.2 Å². The molecule has 0 saturated heterocycles. The van der Waals surface area contributed by atoms with Crippen LogP contribution in [0.1, 0.15) is 138 Å². The maximum Gasteiger partial charge on any atom is 0.164 e. The lowest BCUT2D eigenvalue weighted by Gasteiger charge is -2.37. The third-order valence-corrected chi connectivity index (χ3v) is 15.2. The molecule has 308 valence electrons. The summed E-state index contributed by atoms with van der Waals surface area (Å²) in [4.78, 5) is 34.7. The molecule has 0 aliphatic heterocycles. The number of rotatable bonds is 22. The van der Waals surface area contributed by atoms with Gasteiger partial charge in [0, 0.05) is 43.5 Å². The molecule has 0 bridgehead atoms. The largest absolute Gasteiger partial charge is 0.330 e. The molecule has 2 aromatic carbocycles. The van der Waals surface area contributed by atoms with E-state index < -0.39 is 0 Å². The second-order valence-corrected chi connectivity index (χ2v) is 19.1. The molecule has 0 radical (unpaired) electrons. The average Bonchev–Trinajstić information content (AvgIpc) is 3.93. The van der Waals surface area contributed by atoms with Crippen molar-refractivity contribution in [3.63, 3.8) is 0 Å². The normalized spacial score (nSPS) is 18.2. The number of aryl methyl sites for hydroxylation is 1. The van der Waals surface area contributed by atoms with Gasteiger partial charge in [-0.3, -0.25) is 9.59 Å². The highest BCUT2D eigenvalue weighted by Gasteiger charge is 2.44. The van der Waals surface area contributed by atoms with Gasteiger partial charge in [-0.05, 0) is 120 Å². The molecule has 4 unspecified atom stereocenters. The van der Waals surface area contributed by atoms with E-state index in [-0.39, 0.29) is 23.4 Å². The average molecular weight is 814 g/mol. The van der Waals surface area contributed by atoms with Crippen molar-refractivity contribution >= 4 is 45.4 Å². The smallest absolute Gasteiger partial charge is 0.164 e. The third-order valence-electron chi connectivity index (χ3n) is 12.9. The van der Waals surface area contributed by atoms with Gasteiger partial charge in [0.1, 0.15) is 0 Å². The topological polar surface area (TPSA) is 60.2 Å². The van der Waals surface area contributed by atoms with Crippen molar-refractivity contribution in [1.82, 2.24) is 0 Å². The van der Waals surface area contributed by atoms with Gasteiger partial charge in [0.2, 0.25) is 0 Å². The van der Waals surface area contributed by atoms with Gasteiger partial charge in [-0.1, -0.05) is 140 Å². The predicted molar refractivity (Wildman–Crippen MR) is 251 cm³/mol. The summed E-state index contributed by atoms with van der Waals surface area (Å²) in [7, 11) is 0. The molecule has 5 heteroatoms. The van der Waals surface area contributed by atoms with Crippen molar-refractivity contribution in [3.05, 3.63) is 117 Å². The first-order chi connectivity index (χ1) is 28.3. The summed E-state index contributed by atoms with van der Waals surface area (Å²) in [6, 6.07) is 26.7. The highest BCUT2D eigenvalue weighted by atomic mass is 32.1. The number of nitrogens with two attached hydrogens (primary N) is 1. The van der Waals surface area contributed by atoms with Crippen molar-refractivity contribution in [2.75, 3.05) is 6.54 Å². The van der Waals surface area contributed by atoms with E-state index >= 15 is 4.79 Å². The van der Waals surface area contributed by atoms with E-state index in [1.54, 1.807) is 22.7 Å². The van der Waals surface area contributed by atoms with E-state index in [4.69, 9.17) is 5.73 Å². The number of Topliss-reactive ketones (excluding diaryl/α,β-unsaturated/α-hetero) is 2. The molecular weight excluding hydrogens is 747 g/mol. The molecule has 2 aromatic heterocycles. The fourth-order valence-electron chi connectivity index (χ4n) is 9.50. The zero-order chi connectivity index (χ0) is 41.0. The molecule has 0 spiro atoms. The molecule has 2 heterocycles. The lowest BCUT2D eigenvalue weighted by Crippen LogP contribution is -2.32. The first-order valence-electron chi connectivity index (χ1n) is 22.6. The molecule has 4 aromatic rings. The second kappa shape index (κ2) is 21.6. The van der Waals surface area contributed by atoms with Crippen LogP contribution in [0.5, 0.6) is 0 Å². The van der Waals surface area contributed by atoms with Crippen LogP contribution in [0.15, 0.2) is 96.6 Å². The monoisotopic (exact) mass is 813 g/mol. The summed E-state index contributed by atoms with van der Waals surface area (Å²) in [5.41, 5.74) is 14.6. The number of benzene rings is 2. The summed E-state index contributed by atoms with van der Waals surface area (Å²) in [6.45, 7) is 13.7. The van der Waals surface area contributed by atoms with Crippen molar-refractivity contribution < 1.29 is 9.59 Å². The van der Waals surface area contributed by atoms with Crippen LogP contribution in [0.3, 0.4) is 0 Å². The quantitative estimate of drug-likeness (QED) is 0.0635. The summed E-state index contributed by atoms with van der Waals surface area (Å²) < 4.78 is 0. The minimum absolute atomic E-state index is 0.0319. The minimum Gasteiger partial charge on any atom is -0.330 e. The molecule has 4 atom stereocenters. The van der Waals surface area contributed by atoms with E-state index in [1.807, 2.05) is 6.08 Å². The highest BCUT2D eigenvalue weighted by Crippen LogP contribution is 2.53. The van der Waals surface area contributed by atoms with Crippen LogP contribution in [0, 0.1) is 23.7 Å². The molecule has 6 rings (SSSR count). The van der Waals surface area contributed by atoms with E-state index in [2.05, 4.69) is 107 Å². The van der Waals surface area contributed by atoms with Crippen molar-refractivity contribution in [1.29, 1.82) is 0 Å². The Bertz CT molecular complexity index is 2040. The fourth-order valence-corrected chi connectivity index (χ4v) is 11.8. The zero-order valence-electron chi connectivity index (χ0n) is 35.8. The number of hydrogen-bond acceptors (Lipinski definition) is 5. The summed E-state index contributed by atoms with van der Waals surface area (Å²) in [5, 5.41) is 0. The van der Waals surface area contributed by atoms with E-state index in [1.165, 1.54) is 77.0 Å². The number of hydrogen-bond donors (Lipinski definition) is 1. The van der Waals surface area contributed by atoms with Crippen molar-refractivity contribution in [2.24, 2.45) is 29.4 Å². The lowest BCUT2D eigenvalue weighted by atomic mass is 9.65. The molecule has 0 amide bonds. The standard InChI is InChI=1S/C53H67NO2S2/c1-6-11-14-17-37(10-5)33-43-35-45(56)52-50(48-28-26-46(57-48)40-22-18-38(19-23-40)16-13-8-3)42(32-36(9-4)15-12-7-2)34-44(55)53(52)51(43)49-29-27-47(58-49)41-24-20-39(21-25-41)30-31-54/h8,18-29,36-37,42-43H,3,6-7,9-17,30-35,54H2,1-2,4-5H3. The number of thiophene rings is 2. The molecule has 0 fully saturated rings. The molecule has 58 heavy (non-hydrogen) atoms. The number of unbranched alkanes of at least 4 members (excludes halogenated alkanes) is 3. The Labute approximate surface area is 358 Å². The zero-order valence-corrected chi connectivity index (χ0v) is 37.4. The Morgan fingerprint density at radius 1 is 0.621 bits per heavy atom. The van der Waals surface area contributed by atoms with Crippen LogP contribution in [-0.2, 0) is 22.4 Å². The predicted octanol–water partition coefficient (Wildman–Crippen LogP) is 14.8. The van der Waals surface area contributed by atoms with E-state index in [0.717, 1.165) is 77.0 Å². The molecule has 0 saturated carbocycles. The number of carbonyl (C=O) groups is 2. The fraction of sp³-hybridized carbons (Fsp3) is 0.472. The maximum atomic E-state index is 15.0. The number of allylic oxidation sites excluding steroid dienone is 5. The highest BCUT2D eigenvalue weighted by molar-refractivity contribution is 7.17. The van der Waals surface area contributed by atoms with Crippen molar-refractivity contribution in [3.8, 4) is 20.9 Å². The van der Waals surface area contributed by atoms with Crippen LogP contribution in [-0.4, -0.2) is 18.1 Å². The van der Waals surface area contributed by atoms with Crippen LogP contribution in [0.4, 0.5) is 0 Å². The molecule has 2 N–H and O–H groups in total. The van der Waals surface area contributed by atoms with Gasteiger partial charge in [-0.2, -0.15) is 0 Å². The third kappa shape index (κ3) is 10.6. The maximum absolute atomic E-state index is 15.0.